The van der Waals surface area contributed by atoms with Gasteiger partial charge in [0.2, 0.25) is 0 Å². The van der Waals surface area contributed by atoms with Gasteiger partial charge in [0.1, 0.15) is 5.58 Å². The van der Waals surface area contributed by atoms with Crippen molar-refractivity contribution in [3.05, 3.63) is 46.1 Å². The highest BCUT2D eigenvalue weighted by Gasteiger charge is 2.13. The number of anilines is 1. The highest BCUT2D eigenvalue weighted by atomic mass is 79.9. The molecule has 0 aliphatic heterocycles. The van der Waals surface area contributed by atoms with Crippen molar-refractivity contribution < 1.29 is 9.21 Å². The van der Waals surface area contributed by atoms with Crippen molar-refractivity contribution in [1.82, 2.24) is 4.98 Å². The van der Waals surface area contributed by atoms with Gasteiger partial charge < -0.3 is 4.42 Å². The Morgan fingerprint density at radius 2 is 2.22 bits per heavy atom. The van der Waals surface area contributed by atoms with Gasteiger partial charge in [-0.15, -0.1) is 0 Å². The van der Waals surface area contributed by atoms with Crippen LogP contribution in [-0.4, -0.2) is 10.9 Å². The number of rotatable bonds is 2. The number of carbonyl (C=O) groups excluding carboxylic acids is 1. The molecule has 2 heterocycles. The van der Waals surface area contributed by atoms with Crippen molar-refractivity contribution in [2.24, 2.45) is 0 Å². The lowest BCUT2D eigenvalue weighted by atomic mass is 10.2. The molecule has 3 aromatic rings. The van der Waals surface area contributed by atoms with Gasteiger partial charge in [-0.05, 0) is 28.1 Å². The second kappa shape index (κ2) is 4.55. The van der Waals surface area contributed by atoms with Crippen LogP contribution in [0, 0.1) is 0 Å². The lowest BCUT2D eigenvalue weighted by molar-refractivity contribution is 0.0998. The van der Waals surface area contributed by atoms with Crippen LogP contribution in [0.25, 0.3) is 11.0 Å². The van der Waals surface area contributed by atoms with Crippen molar-refractivity contribution in [2.45, 2.75) is 0 Å². The van der Waals surface area contributed by atoms with Gasteiger partial charge in [-0.2, -0.15) is 0 Å². The Kier molecular flexibility index (Phi) is 2.89. The molecule has 6 heteroatoms. The first-order valence-corrected chi connectivity index (χ1v) is 6.74. The minimum Gasteiger partial charge on any atom is -0.451 e. The number of carbonyl (C=O) groups is 1. The van der Waals surface area contributed by atoms with Crippen LogP contribution in [0.2, 0.25) is 0 Å². The highest BCUT2D eigenvalue weighted by Crippen LogP contribution is 2.24. The van der Waals surface area contributed by atoms with Crippen LogP contribution < -0.4 is 5.32 Å². The number of hydrogen-bond donors (Lipinski definition) is 1. The third-order valence-electron chi connectivity index (χ3n) is 2.35. The van der Waals surface area contributed by atoms with Crippen LogP contribution in [-0.2, 0) is 0 Å². The van der Waals surface area contributed by atoms with Crippen LogP contribution in [0.5, 0.6) is 0 Å². The Morgan fingerprint density at radius 3 is 2.94 bits per heavy atom. The van der Waals surface area contributed by atoms with Gasteiger partial charge in [0.15, 0.2) is 10.9 Å². The fraction of sp³-hybridized carbons (Fsp3) is 0. The molecule has 18 heavy (non-hydrogen) atoms. The van der Waals surface area contributed by atoms with E-state index in [1.165, 1.54) is 11.3 Å². The zero-order chi connectivity index (χ0) is 12.5. The van der Waals surface area contributed by atoms with Crippen molar-refractivity contribution >= 4 is 49.3 Å². The number of amides is 1. The lowest BCUT2D eigenvalue weighted by Gasteiger charge is -1.96. The van der Waals surface area contributed by atoms with E-state index in [1.54, 1.807) is 12.3 Å². The molecule has 0 radical (unpaired) electrons. The summed E-state index contributed by atoms with van der Waals surface area (Å²) in [6.45, 7) is 0. The minimum absolute atomic E-state index is 0.280. The molecule has 90 valence electrons. The first-order chi connectivity index (χ1) is 8.72. The van der Waals surface area contributed by atoms with E-state index < -0.39 is 0 Å². The van der Waals surface area contributed by atoms with E-state index in [-0.39, 0.29) is 11.7 Å². The third kappa shape index (κ3) is 2.16. The summed E-state index contributed by atoms with van der Waals surface area (Å²) in [5.74, 6) is -0.0180. The second-order valence-corrected chi connectivity index (χ2v) is 5.98. The fourth-order valence-electron chi connectivity index (χ4n) is 1.56. The molecule has 0 saturated heterocycles. The molecule has 0 saturated carbocycles. The Hall–Kier alpha value is -1.66. The van der Waals surface area contributed by atoms with Gasteiger partial charge >= 0.3 is 0 Å². The first kappa shape index (κ1) is 11.4. The third-order valence-corrected chi connectivity index (χ3v) is 3.74. The molecule has 0 spiro atoms. The largest absolute Gasteiger partial charge is 0.451 e. The molecule has 1 N–H and O–H groups in total. The van der Waals surface area contributed by atoms with E-state index in [2.05, 4.69) is 26.2 Å². The van der Waals surface area contributed by atoms with Crippen LogP contribution in [0.1, 0.15) is 10.6 Å². The molecule has 2 aromatic heterocycles. The summed E-state index contributed by atoms with van der Waals surface area (Å²) in [6, 6.07) is 9.21. The van der Waals surface area contributed by atoms with Gasteiger partial charge in [-0.25, -0.2) is 4.98 Å². The van der Waals surface area contributed by atoms with Crippen molar-refractivity contribution in [3.63, 3.8) is 0 Å². The summed E-state index contributed by atoms with van der Waals surface area (Å²) in [6.07, 6.45) is 1.64. The minimum atomic E-state index is -0.298. The van der Waals surface area contributed by atoms with Crippen LogP contribution in [0.3, 0.4) is 0 Å². The highest BCUT2D eigenvalue weighted by molar-refractivity contribution is 9.11. The maximum atomic E-state index is 11.9. The average Bonchev–Trinajstić information content (AvgIpc) is 2.95. The molecule has 0 unspecified atom stereocenters. The molecule has 4 nitrogen and oxygen atoms in total. The number of nitrogens with one attached hydrogen (secondary N) is 1. The Labute approximate surface area is 115 Å². The summed E-state index contributed by atoms with van der Waals surface area (Å²) in [5.41, 5.74) is 0.697. The van der Waals surface area contributed by atoms with Crippen LogP contribution >= 0.6 is 27.3 Å². The number of aromatic nitrogens is 1. The second-order valence-electron chi connectivity index (χ2n) is 3.57. The topological polar surface area (TPSA) is 55.1 Å². The number of halogens is 1. The monoisotopic (exact) mass is 322 g/mol. The van der Waals surface area contributed by atoms with E-state index in [0.717, 1.165) is 9.17 Å². The van der Waals surface area contributed by atoms with Crippen molar-refractivity contribution in [2.75, 3.05) is 5.32 Å². The van der Waals surface area contributed by atoms with E-state index in [4.69, 9.17) is 4.42 Å². The molecule has 3 rings (SSSR count). The van der Waals surface area contributed by atoms with Gasteiger partial charge in [0.25, 0.3) is 5.91 Å². The molecule has 0 aliphatic rings. The van der Waals surface area contributed by atoms with Gasteiger partial charge in [0.05, 0.1) is 9.98 Å². The van der Waals surface area contributed by atoms with E-state index in [9.17, 15) is 4.79 Å². The number of nitrogens with zero attached hydrogens (tertiary/aromatic N) is 1. The predicted molar refractivity (Wildman–Crippen MR) is 74.0 cm³/mol. The quantitative estimate of drug-likeness (QED) is 0.778. The van der Waals surface area contributed by atoms with E-state index >= 15 is 0 Å². The summed E-state index contributed by atoms with van der Waals surface area (Å²) >= 11 is 4.64. The van der Waals surface area contributed by atoms with Gasteiger partial charge in [-0.3, -0.25) is 10.1 Å². The van der Waals surface area contributed by atoms with E-state index in [0.29, 0.717) is 10.7 Å². The SMILES string of the molecule is O=C(Nc1ncc(Br)s1)c1cc2ccccc2o1. The molecule has 0 bridgehead atoms. The molecule has 0 aliphatic carbocycles. The molecule has 0 fully saturated rings. The Morgan fingerprint density at radius 1 is 1.39 bits per heavy atom. The summed E-state index contributed by atoms with van der Waals surface area (Å²) < 4.78 is 6.33. The molecular weight excluding hydrogens is 316 g/mol. The maximum absolute atomic E-state index is 11.9. The number of fused-ring (bicyclic) bond motifs is 1. The number of furan rings is 1. The van der Waals surface area contributed by atoms with E-state index in [1.807, 2.05) is 24.3 Å². The maximum Gasteiger partial charge on any atom is 0.293 e. The summed E-state index contributed by atoms with van der Waals surface area (Å²) in [4.78, 5) is 16.0. The number of thiazole rings is 1. The Balaban J connectivity index is 1.87. The zero-order valence-corrected chi connectivity index (χ0v) is 11.4. The molecule has 0 atom stereocenters. The zero-order valence-electron chi connectivity index (χ0n) is 9.01. The summed E-state index contributed by atoms with van der Waals surface area (Å²) in [5, 5.41) is 4.12. The normalized spacial score (nSPS) is 10.7. The standard InChI is InChI=1S/C12H7BrN2O2S/c13-10-6-14-12(18-10)15-11(16)9-5-7-3-1-2-4-8(7)17-9/h1-6H,(H,14,15,16). The molecule has 1 amide bonds. The number of hydrogen-bond acceptors (Lipinski definition) is 4. The Bertz CT molecular complexity index is 687. The lowest BCUT2D eigenvalue weighted by Crippen LogP contribution is -2.10. The predicted octanol–water partition coefficient (Wildman–Crippen LogP) is 3.90. The van der Waals surface area contributed by atoms with Gasteiger partial charge in [0, 0.05) is 5.39 Å². The smallest absolute Gasteiger partial charge is 0.293 e. The van der Waals surface area contributed by atoms with Crippen molar-refractivity contribution in [3.8, 4) is 0 Å². The fourth-order valence-corrected chi connectivity index (χ4v) is 2.67. The molecular formula is C12H7BrN2O2S. The van der Waals surface area contributed by atoms with Gasteiger partial charge in [-0.1, -0.05) is 29.5 Å². The summed E-state index contributed by atoms with van der Waals surface area (Å²) in [7, 11) is 0. The number of benzene rings is 1. The van der Waals surface area contributed by atoms with Crippen molar-refractivity contribution in [1.29, 1.82) is 0 Å². The van der Waals surface area contributed by atoms with Crippen LogP contribution in [0.4, 0.5) is 5.13 Å². The van der Waals surface area contributed by atoms with Crippen LogP contribution in [0.15, 0.2) is 44.7 Å². The average molecular weight is 323 g/mol. The molecule has 1 aromatic carbocycles. The number of para-hydroxylation sites is 1. The first-order valence-electron chi connectivity index (χ1n) is 5.13.